The molecule has 3 N–H and O–H groups in total. The number of hydrogen-bond donors (Lipinski definition) is 2. The Morgan fingerprint density at radius 3 is 2.69 bits per heavy atom. The molecule has 12 nitrogen and oxygen atoms in total. The third-order valence-corrected chi connectivity index (χ3v) is 6.25. The van der Waals surface area contributed by atoms with Crippen LogP contribution in [-0.2, 0) is 7.05 Å². The second-order valence-electron chi connectivity index (χ2n) is 8.87. The maximum Gasteiger partial charge on any atom is 0.339 e. The third kappa shape index (κ3) is 4.17. The van der Waals surface area contributed by atoms with Crippen LogP contribution in [0.3, 0.4) is 0 Å². The quantitative estimate of drug-likeness (QED) is 0.339. The average molecular weight is 519 g/mol. The van der Waals surface area contributed by atoms with Gasteiger partial charge in [-0.2, -0.15) is 5.10 Å². The van der Waals surface area contributed by atoms with Crippen LogP contribution in [0.25, 0.3) is 17.0 Å². The Morgan fingerprint density at radius 1 is 1.10 bits per heavy atom. The Balaban J connectivity index is 1.46. The van der Waals surface area contributed by atoms with E-state index in [-0.39, 0.29) is 17.1 Å². The van der Waals surface area contributed by atoms with Gasteiger partial charge >= 0.3 is 5.69 Å². The van der Waals surface area contributed by atoms with Gasteiger partial charge in [-0.1, -0.05) is 24.1 Å². The smallest absolute Gasteiger partial charge is 0.339 e. The molecule has 0 bridgehead atoms. The fraction of sp³-hybridized carbons (Fsp3) is 0.111. The van der Waals surface area contributed by atoms with Gasteiger partial charge in [-0.05, 0) is 25.0 Å². The zero-order valence-electron chi connectivity index (χ0n) is 21.0. The van der Waals surface area contributed by atoms with E-state index in [2.05, 4.69) is 37.2 Å². The summed E-state index contributed by atoms with van der Waals surface area (Å²) in [5, 5.41) is 7.07. The summed E-state index contributed by atoms with van der Waals surface area (Å²) >= 11 is 0. The molecular formula is C27H22N10O2. The molecule has 192 valence electrons. The molecule has 0 aliphatic heterocycles. The number of carbonyl (C=O) groups excluding carboxylic acids is 1. The van der Waals surface area contributed by atoms with Gasteiger partial charge in [0.1, 0.15) is 29.0 Å². The van der Waals surface area contributed by atoms with Crippen LogP contribution >= 0.6 is 0 Å². The number of imidazole rings is 2. The number of carbonyl (C=O) groups is 1. The zero-order chi connectivity index (χ0) is 27.1. The minimum absolute atomic E-state index is 0.0550. The normalized spacial score (nSPS) is 11.8. The number of benzene rings is 1. The number of aromatic nitrogens is 8. The fourth-order valence-corrected chi connectivity index (χ4v) is 4.41. The highest BCUT2D eigenvalue weighted by molar-refractivity contribution is 6.04. The van der Waals surface area contributed by atoms with E-state index in [1.54, 1.807) is 60.1 Å². The fourth-order valence-electron chi connectivity index (χ4n) is 4.41. The molecule has 0 aliphatic carbocycles. The topological polar surface area (TPSA) is 142 Å². The van der Waals surface area contributed by atoms with Crippen LogP contribution in [0.2, 0.25) is 0 Å². The number of aryl methyl sites for hydroxylation is 1. The highest BCUT2D eigenvalue weighted by Crippen LogP contribution is 2.21. The summed E-state index contributed by atoms with van der Waals surface area (Å²) in [6, 6.07) is 10.3. The summed E-state index contributed by atoms with van der Waals surface area (Å²) in [6.45, 7) is 1.78. The Morgan fingerprint density at radius 2 is 1.92 bits per heavy atom. The maximum atomic E-state index is 13.9. The van der Waals surface area contributed by atoms with Gasteiger partial charge in [0, 0.05) is 31.7 Å². The number of amides is 1. The van der Waals surface area contributed by atoms with E-state index in [1.165, 1.54) is 15.3 Å². The molecule has 0 saturated carbocycles. The van der Waals surface area contributed by atoms with Crippen molar-refractivity contribution in [3.05, 3.63) is 107 Å². The van der Waals surface area contributed by atoms with Gasteiger partial charge in [-0.25, -0.2) is 24.1 Å². The number of hydrogen-bond acceptors (Lipinski definition) is 7. The molecule has 39 heavy (non-hydrogen) atoms. The number of nitrogens with two attached hydrogens (primary N) is 1. The number of nitrogen functional groups attached to an aromatic ring is 1. The lowest BCUT2D eigenvalue weighted by Crippen LogP contribution is -2.35. The molecule has 5 heterocycles. The summed E-state index contributed by atoms with van der Waals surface area (Å²) in [5.41, 5.74) is 8.88. The lowest BCUT2D eigenvalue weighted by atomic mass is 10.1. The van der Waals surface area contributed by atoms with Gasteiger partial charge in [0.15, 0.2) is 5.65 Å². The van der Waals surface area contributed by atoms with E-state index in [4.69, 9.17) is 5.73 Å². The Hall–Kier alpha value is -5.70. The number of nitrogens with one attached hydrogen (secondary N) is 1. The molecule has 1 amide bonds. The van der Waals surface area contributed by atoms with Gasteiger partial charge in [0.25, 0.3) is 5.91 Å². The van der Waals surface area contributed by atoms with Crippen molar-refractivity contribution in [1.82, 2.24) is 43.4 Å². The standard InChI is InChI=1S/C27H22N10O2/c1-17(33-26(38)23-24(28)31-16-35-11-10-29-25(23)35)21-12-22-30-14-20(9-8-18-13-32-34(2)15-18)37(22)27(39)36(21)19-6-4-3-5-7-19/h3-7,10-17H,28H2,1-2H3,(H,33,38)/t17-/m1/s1. The summed E-state index contributed by atoms with van der Waals surface area (Å²) in [4.78, 5) is 40.1. The lowest BCUT2D eigenvalue weighted by Gasteiger charge is -2.20. The van der Waals surface area contributed by atoms with Gasteiger partial charge < -0.3 is 11.1 Å². The van der Waals surface area contributed by atoms with Crippen molar-refractivity contribution in [2.45, 2.75) is 13.0 Å². The predicted octanol–water partition coefficient (Wildman–Crippen LogP) is 1.73. The van der Waals surface area contributed by atoms with E-state index in [1.807, 2.05) is 30.3 Å². The van der Waals surface area contributed by atoms with E-state index in [0.717, 1.165) is 0 Å². The monoisotopic (exact) mass is 518 g/mol. The Bertz CT molecular complexity index is 1990. The first-order chi connectivity index (χ1) is 18.9. The van der Waals surface area contributed by atoms with Gasteiger partial charge in [-0.3, -0.25) is 18.4 Å². The summed E-state index contributed by atoms with van der Waals surface area (Å²) in [5.74, 6) is 5.63. The molecule has 6 aromatic rings. The van der Waals surface area contributed by atoms with E-state index in [9.17, 15) is 9.59 Å². The summed E-state index contributed by atoms with van der Waals surface area (Å²) < 4.78 is 6.24. The second-order valence-corrected chi connectivity index (χ2v) is 8.87. The molecule has 0 saturated heterocycles. The molecule has 1 atom stereocenters. The van der Waals surface area contributed by atoms with Crippen molar-refractivity contribution in [3.8, 4) is 17.5 Å². The van der Waals surface area contributed by atoms with Gasteiger partial charge in [0.2, 0.25) is 0 Å². The molecule has 1 aromatic carbocycles. The van der Waals surface area contributed by atoms with Gasteiger partial charge in [-0.15, -0.1) is 0 Å². The average Bonchev–Trinajstić information content (AvgIpc) is 3.67. The van der Waals surface area contributed by atoms with Crippen LogP contribution < -0.4 is 16.7 Å². The van der Waals surface area contributed by atoms with Crippen LogP contribution in [-0.4, -0.2) is 44.0 Å². The Kier molecular flexibility index (Phi) is 5.65. The van der Waals surface area contributed by atoms with E-state index < -0.39 is 11.9 Å². The largest absolute Gasteiger partial charge is 0.383 e. The minimum Gasteiger partial charge on any atom is -0.383 e. The first-order valence-corrected chi connectivity index (χ1v) is 12.0. The zero-order valence-corrected chi connectivity index (χ0v) is 21.0. The first kappa shape index (κ1) is 23.7. The van der Waals surface area contributed by atoms with Crippen LogP contribution in [0, 0.1) is 11.8 Å². The van der Waals surface area contributed by atoms with Crippen molar-refractivity contribution in [2.24, 2.45) is 7.05 Å². The van der Waals surface area contributed by atoms with Crippen molar-refractivity contribution >= 4 is 23.0 Å². The third-order valence-electron chi connectivity index (χ3n) is 6.25. The van der Waals surface area contributed by atoms with Crippen LogP contribution in [0.5, 0.6) is 0 Å². The lowest BCUT2D eigenvalue weighted by molar-refractivity contribution is 0.0940. The number of nitrogens with zero attached hydrogens (tertiary/aromatic N) is 8. The van der Waals surface area contributed by atoms with Crippen LogP contribution in [0.4, 0.5) is 5.82 Å². The molecule has 0 radical (unpaired) electrons. The summed E-state index contributed by atoms with van der Waals surface area (Å²) in [6.07, 6.45) is 9.71. The molecular weight excluding hydrogens is 496 g/mol. The molecule has 0 spiro atoms. The Labute approximate surface area is 221 Å². The number of rotatable bonds is 4. The molecule has 0 aliphatic rings. The number of para-hydroxylation sites is 1. The van der Waals surface area contributed by atoms with E-state index >= 15 is 0 Å². The molecule has 6 rings (SSSR count). The summed E-state index contributed by atoms with van der Waals surface area (Å²) in [7, 11) is 1.81. The van der Waals surface area contributed by atoms with Crippen LogP contribution in [0.15, 0.2) is 78.5 Å². The van der Waals surface area contributed by atoms with E-state index in [0.29, 0.717) is 33.9 Å². The maximum absolute atomic E-state index is 13.9. The minimum atomic E-state index is -0.619. The molecule has 0 fully saturated rings. The van der Waals surface area contributed by atoms with Crippen molar-refractivity contribution in [2.75, 3.05) is 5.73 Å². The SMILES string of the molecule is C[C@@H](NC(=O)c1c(N)ncn2ccnc12)c1cc2ncc(C#Cc3cnn(C)c3)n2c(=O)n1-c1ccccc1. The second kappa shape index (κ2) is 9.31. The number of fused-ring (bicyclic) bond motifs is 2. The van der Waals surface area contributed by atoms with Crippen molar-refractivity contribution in [3.63, 3.8) is 0 Å². The predicted molar refractivity (Wildman–Crippen MR) is 143 cm³/mol. The van der Waals surface area contributed by atoms with Crippen LogP contribution in [0.1, 0.15) is 40.3 Å². The van der Waals surface area contributed by atoms with Crippen molar-refractivity contribution < 1.29 is 4.79 Å². The molecule has 5 aromatic heterocycles. The highest BCUT2D eigenvalue weighted by atomic mass is 16.2. The first-order valence-electron chi connectivity index (χ1n) is 12.0. The highest BCUT2D eigenvalue weighted by Gasteiger charge is 2.23. The van der Waals surface area contributed by atoms with Gasteiger partial charge in [0.05, 0.1) is 35.4 Å². The molecule has 12 heteroatoms. The molecule has 0 unspecified atom stereocenters. The number of anilines is 1. The van der Waals surface area contributed by atoms with Crippen molar-refractivity contribution in [1.29, 1.82) is 0 Å².